The van der Waals surface area contributed by atoms with E-state index in [1.54, 1.807) is 41.7 Å². The summed E-state index contributed by atoms with van der Waals surface area (Å²) >= 11 is 9.78. The van der Waals surface area contributed by atoms with Crippen molar-refractivity contribution in [1.29, 1.82) is 0 Å². The topological polar surface area (TPSA) is 79.0 Å². The van der Waals surface area contributed by atoms with Crippen LogP contribution in [0.2, 0.25) is 5.02 Å². The number of H-pyrrole nitrogens is 1. The van der Waals surface area contributed by atoms with Crippen molar-refractivity contribution >= 4 is 61.3 Å². The summed E-state index contributed by atoms with van der Waals surface area (Å²) in [5.41, 5.74) is 2.26. The first-order valence-corrected chi connectivity index (χ1v) is 15.1. The number of carbonyl (C=O) groups is 1. The Morgan fingerprint density at radius 2 is 1.83 bits per heavy atom. The van der Waals surface area contributed by atoms with Crippen molar-refractivity contribution in [2.45, 2.75) is 47.1 Å². The van der Waals surface area contributed by atoms with E-state index in [1.165, 1.54) is 4.21 Å². The smallest absolute Gasteiger partial charge is 0.269 e. The number of rotatable bonds is 10. The third-order valence-corrected chi connectivity index (χ3v) is 9.83. The molecule has 184 valence electrons. The zero-order valence-electron chi connectivity index (χ0n) is 19.6. The molecule has 1 amide bonds. The first-order chi connectivity index (χ1) is 16.8. The highest BCUT2D eigenvalue weighted by molar-refractivity contribution is 8.01. The van der Waals surface area contributed by atoms with E-state index < -0.39 is 15.7 Å². The molecule has 2 aromatic carbocycles. The SMILES string of the molecule is Cc1cc(C)cc(S(=O)(=O)c2c(C(=O)NCCCCCSc3cccs3)[nH]c3ccc(Cl)cc23)c1. The molecule has 0 aliphatic carbocycles. The fourth-order valence-corrected chi connectivity index (χ4v) is 7.82. The fraction of sp³-hybridized carbons (Fsp3) is 0.269. The highest BCUT2D eigenvalue weighted by Crippen LogP contribution is 2.34. The van der Waals surface area contributed by atoms with Crippen LogP contribution in [-0.2, 0) is 9.84 Å². The maximum Gasteiger partial charge on any atom is 0.269 e. The van der Waals surface area contributed by atoms with E-state index in [1.807, 2.05) is 31.7 Å². The lowest BCUT2D eigenvalue weighted by atomic mass is 10.2. The molecule has 0 atom stereocenters. The number of aromatic nitrogens is 1. The van der Waals surface area contributed by atoms with Gasteiger partial charge in [0.25, 0.3) is 5.91 Å². The summed E-state index contributed by atoms with van der Waals surface area (Å²) in [6.07, 6.45) is 2.85. The number of aryl methyl sites for hydroxylation is 2. The number of aromatic amines is 1. The highest BCUT2D eigenvalue weighted by Gasteiger charge is 2.30. The molecule has 0 aliphatic rings. The molecule has 2 aromatic heterocycles. The van der Waals surface area contributed by atoms with E-state index in [-0.39, 0.29) is 15.5 Å². The summed E-state index contributed by atoms with van der Waals surface area (Å²) < 4.78 is 28.8. The van der Waals surface area contributed by atoms with Gasteiger partial charge in [-0.25, -0.2) is 8.42 Å². The molecule has 9 heteroatoms. The number of nitrogens with one attached hydrogen (secondary N) is 2. The van der Waals surface area contributed by atoms with Crippen LogP contribution < -0.4 is 5.32 Å². The predicted molar refractivity (Wildman–Crippen MR) is 146 cm³/mol. The third-order valence-electron chi connectivity index (χ3n) is 5.56. The van der Waals surface area contributed by atoms with Crippen molar-refractivity contribution in [2.24, 2.45) is 0 Å². The minimum absolute atomic E-state index is 0.0367. The molecular weight excluding hydrogens is 520 g/mol. The van der Waals surface area contributed by atoms with Crippen molar-refractivity contribution in [3.8, 4) is 0 Å². The Hall–Kier alpha value is -2.26. The Balaban J connectivity index is 1.51. The van der Waals surface area contributed by atoms with Gasteiger partial charge in [-0.15, -0.1) is 23.1 Å². The Kier molecular flexibility index (Phi) is 8.27. The summed E-state index contributed by atoms with van der Waals surface area (Å²) in [7, 11) is -3.98. The number of thioether (sulfide) groups is 1. The van der Waals surface area contributed by atoms with Gasteiger partial charge >= 0.3 is 0 Å². The van der Waals surface area contributed by atoms with Crippen LogP contribution >= 0.6 is 34.7 Å². The van der Waals surface area contributed by atoms with Crippen molar-refractivity contribution < 1.29 is 13.2 Å². The quantitative estimate of drug-likeness (QED) is 0.165. The van der Waals surface area contributed by atoms with E-state index in [9.17, 15) is 13.2 Å². The molecule has 4 aromatic rings. The molecule has 0 spiro atoms. The van der Waals surface area contributed by atoms with Crippen LogP contribution in [0.15, 0.2) is 67.9 Å². The second-order valence-electron chi connectivity index (χ2n) is 8.44. The number of carbonyl (C=O) groups excluding carboxylic acids is 1. The van der Waals surface area contributed by atoms with E-state index in [4.69, 9.17) is 11.6 Å². The Morgan fingerprint density at radius 3 is 2.54 bits per heavy atom. The van der Waals surface area contributed by atoms with Crippen LogP contribution in [0, 0.1) is 13.8 Å². The Bertz CT molecular complexity index is 1420. The average Bonchev–Trinajstić information content (AvgIpc) is 3.45. The van der Waals surface area contributed by atoms with Gasteiger partial charge in [0.05, 0.1) is 9.10 Å². The molecule has 0 unspecified atom stereocenters. The first kappa shape index (κ1) is 25.8. The summed E-state index contributed by atoms with van der Waals surface area (Å²) in [4.78, 5) is 16.3. The van der Waals surface area contributed by atoms with Gasteiger partial charge in [0.2, 0.25) is 9.84 Å². The minimum Gasteiger partial charge on any atom is -0.351 e. The number of hydrogen-bond donors (Lipinski definition) is 2. The van der Waals surface area contributed by atoms with Crippen LogP contribution in [-0.4, -0.2) is 31.6 Å². The lowest BCUT2D eigenvalue weighted by Gasteiger charge is -2.10. The molecule has 0 saturated carbocycles. The van der Waals surface area contributed by atoms with E-state index in [2.05, 4.69) is 27.8 Å². The van der Waals surface area contributed by atoms with Crippen molar-refractivity contribution in [3.05, 3.63) is 75.8 Å². The summed E-state index contributed by atoms with van der Waals surface area (Å²) in [5, 5.41) is 5.78. The van der Waals surface area contributed by atoms with Crippen LogP contribution in [0.4, 0.5) is 0 Å². The zero-order valence-corrected chi connectivity index (χ0v) is 22.8. The molecular formula is C26H27ClN2O3S3. The fourth-order valence-electron chi connectivity index (χ4n) is 4.00. The average molecular weight is 547 g/mol. The van der Waals surface area contributed by atoms with Crippen molar-refractivity contribution in [3.63, 3.8) is 0 Å². The highest BCUT2D eigenvalue weighted by atomic mass is 35.5. The van der Waals surface area contributed by atoms with Gasteiger partial charge in [-0.05, 0) is 85.3 Å². The van der Waals surface area contributed by atoms with Crippen LogP contribution in [0.25, 0.3) is 10.9 Å². The van der Waals surface area contributed by atoms with Gasteiger partial charge in [-0.1, -0.05) is 30.2 Å². The molecule has 4 rings (SSSR count). The number of amides is 1. The first-order valence-electron chi connectivity index (χ1n) is 11.3. The predicted octanol–water partition coefficient (Wildman–Crippen LogP) is 7.02. The van der Waals surface area contributed by atoms with Gasteiger partial charge < -0.3 is 10.3 Å². The largest absolute Gasteiger partial charge is 0.351 e. The molecule has 0 aliphatic heterocycles. The number of hydrogen-bond acceptors (Lipinski definition) is 5. The number of sulfone groups is 1. The maximum absolute atomic E-state index is 13.8. The standard InChI is InChI=1S/C26H27ClN2O3S3/c1-17-13-18(2)15-20(14-17)35(31,32)25-21-16-19(27)8-9-22(21)29-24(25)26(30)28-10-4-3-5-11-33-23-7-6-12-34-23/h6-9,12-16,29H,3-5,10-11H2,1-2H3,(H,28,30). The summed E-state index contributed by atoms with van der Waals surface area (Å²) in [6, 6.07) is 14.3. The molecule has 0 bridgehead atoms. The number of thiophene rings is 1. The molecule has 2 heterocycles. The van der Waals surface area contributed by atoms with Gasteiger partial charge in [-0.3, -0.25) is 4.79 Å². The summed E-state index contributed by atoms with van der Waals surface area (Å²) in [5.74, 6) is 0.600. The molecule has 5 nitrogen and oxygen atoms in total. The number of fused-ring (bicyclic) bond motifs is 1. The molecule has 2 N–H and O–H groups in total. The van der Waals surface area contributed by atoms with E-state index >= 15 is 0 Å². The summed E-state index contributed by atoms with van der Waals surface area (Å²) in [6.45, 7) is 4.18. The molecule has 0 fully saturated rings. The van der Waals surface area contributed by atoms with Gasteiger partial charge in [0.1, 0.15) is 10.6 Å². The Morgan fingerprint density at radius 1 is 1.06 bits per heavy atom. The Labute approximate surface area is 219 Å². The second kappa shape index (κ2) is 11.2. The van der Waals surface area contributed by atoms with Gasteiger partial charge in [0, 0.05) is 22.5 Å². The van der Waals surface area contributed by atoms with Crippen molar-refractivity contribution in [2.75, 3.05) is 12.3 Å². The third kappa shape index (κ3) is 6.12. The van der Waals surface area contributed by atoms with E-state index in [0.29, 0.717) is 22.5 Å². The van der Waals surface area contributed by atoms with Crippen LogP contribution in [0.3, 0.4) is 0 Å². The number of halogens is 1. The second-order valence-corrected chi connectivity index (χ2v) is 13.1. The minimum atomic E-state index is -3.98. The van der Waals surface area contributed by atoms with Crippen LogP contribution in [0.5, 0.6) is 0 Å². The molecule has 35 heavy (non-hydrogen) atoms. The van der Waals surface area contributed by atoms with Gasteiger partial charge in [-0.2, -0.15) is 0 Å². The van der Waals surface area contributed by atoms with Crippen LogP contribution in [0.1, 0.15) is 40.9 Å². The molecule has 0 radical (unpaired) electrons. The number of unbranched alkanes of at least 4 members (excludes halogenated alkanes) is 2. The van der Waals surface area contributed by atoms with E-state index in [0.717, 1.165) is 36.1 Å². The zero-order chi connectivity index (χ0) is 25.0. The monoisotopic (exact) mass is 546 g/mol. The molecule has 0 saturated heterocycles. The maximum atomic E-state index is 13.8. The van der Waals surface area contributed by atoms with Gasteiger partial charge in [0.15, 0.2) is 0 Å². The lowest BCUT2D eigenvalue weighted by molar-refractivity contribution is 0.0945. The normalized spacial score (nSPS) is 11.7. The lowest BCUT2D eigenvalue weighted by Crippen LogP contribution is -2.26. The van der Waals surface area contributed by atoms with Crippen molar-refractivity contribution in [1.82, 2.24) is 10.3 Å². The number of benzene rings is 2.